The van der Waals surface area contributed by atoms with Gasteiger partial charge in [-0.2, -0.15) is 0 Å². The van der Waals surface area contributed by atoms with Crippen LogP contribution >= 0.6 is 0 Å². The van der Waals surface area contributed by atoms with Gasteiger partial charge in [0.05, 0.1) is 5.69 Å². The average molecular weight is 260 g/mol. The third-order valence-electron chi connectivity index (χ3n) is 2.76. The molecule has 3 rings (SSSR count). The number of hydrogen-bond donors (Lipinski definition) is 0. The maximum Gasteiger partial charge on any atom is 0.159 e. The van der Waals surface area contributed by atoms with Crippen molar-refractivity contribution in [2.24, 2.45) is 0 Å². The van der Waals surface area contributed by atoms with Gasteiger partial charge in [-0.15, -0.1) is 13.2 Å². The van der Waals surface area contributed by atoms with E-state index in [9.17, 15) is 0 Å². The van der Waals surface area contributed by atoms with Crippen LogP contribution in [0.2, 0.25) is 0 Å². The largest absolute Gasteiger partial charge is 0.237 e. The molecular weight excluding hydrogens is 244 g/mol. The quantitative estimate of drug-likeness (QED) is 0.629. The normalized spacial score (nSPS) is 9.40. The fraction of sp³-hybridized carbons (Fsp3) is 0. The summed E-state index contributed by atoms with van der Waals surface area (Å²) in [4.78, 5) is 8.93. The van der Waals surface area contributed by atoms with Crippen LogP contribution < -0.4 is 0 Å². The van der Waals surface area contributed by atoms with Gasteiger partial charge in [0, 0.05) is 17.3 Å². The monoisotopic (exact) mass is 260 g/mol. The molecule has 98 valence electrons. The first kappa shape index (κ1) is 13.7. The molecule has 0 saturated heterocycles. The molecule has 0 radical (unpaired) electrons. The Bertz CT molecular complexity index is 594. The van der Waals surface area contributed by atoms with Gasteiger partial charge in [-0.05, 0) is 6.07 Å². The fourth-order valence-electron chi connectivity index (χ4n) is 1.85. The Morgan fingerprint density at radius 3 is 1.80 bits per heavy atom. The molecule has 0 spiro atoms. The standard InChI is InChI=1S/C16H12N2.C2H4/c1-3-7-13(8-4-1)15-11-12-17-16(18-15)14-9-5-2-6-10-14;1-2/h1-12H;1-2H2. The van der Waals surface area contributed by atoms with Gasteiger partial charge < -0.3 is 0 Å². The molecule has 2 heteroatoms. The summed E-state index contributed by atoms with van der Waals surface area (Å²) in [6.07, 6.45) is 1.80. The molecule has 0 fully saturated rings. The van der Waals surface area contributed by atoms with Gasteiger partial charge in [0.15, 0.2) is 5.82 Å². The zero-order valence-corrected chi connectivity index (χ0v) is 11.2. The molecule has 0 bridgehead atoms. The summed E-state index contributed by atoms with van der Waals surface area (Å²) in [6, 6.07) is 22.1. The Balaban J connectivity index is 0.000000704. The molecule has 0 N–H and O–H groups in total. The first-order chi connectivity index (χ1) is 9.93. The summed E-state index contributed by atoms with van der Waals surface area (Å²) in [6.45, 7) is 6.00. The molecule has 3 aromatic rings. The van der Waals surface area contributed by atoms with Crippen molar-refractivity contribution in [2.45, 2.75) is 0 Å². The van der Waals surface area contributed by atoms with Crippen LogP contribution in [0, 0.1) is 0 Å². The highest BCUT2D eigenvalue weighted by Crippen LogP contribution is 2.20. The third-order valence-corrected chi connectivity index (χ3v) is 2.76. The van der Waals surface area contributed by atoms with Crippen molar-refractivity contribution in [2.75, 3.05) is 0 Å². The van der Waals surface area contributed by atoms with Crippen molar-refractivity contribution in [3.8, 4) is 22.6 Å². The summed E-state index contributed by atoms with van der Waals surface area (Å²) in [7, 11) is 0. The SMILES string of the molecule is C=C.c1ccc(-c2ccnc(-c3ccccc3)n2)cc1. The van der Waals surface area contributed by atoms with Crippen LogP contribution in [0.5, 0.6) is 0 Å². The number of rotatable bonds is 2. The van der Waals surface area contributed by atoms with Gasteiger partial charge in [0.25, 0.3) is 0 Å². The second-order valence-corrected chi connectivity index (χ2v) is 4.00. The molecule has 1 aromatic heterocycles. The Morgan fingerprint density at radius 1 is 0.650 bits per heavy atom. The molecule has 0 unspecified atom stereocenters. The highest BCUT2D eigenvalue weighted by Gasteiger charge is 2.03. The van der Waals surface area contributed by atoms with Crippen LogP contribution in [-0.4, -0.2) is 9.97 Å². The van der Waals surface area contributed by atoms with Gasteiger partial charge in [0.1, 0.15) is 0 Å². The molecule has 0 aliphatic heterocycles. The number of aromatic nitrogens is 2. The van der Waals surface area contributed by atoms with E-state index in [1.807, 2.05) is 54.6 Å². The molecule has 1 heterocycles. The summed E-state index contributed by atoms with van der Waals surface area (Å²) >= 11 is 0. The minimum atomic E-state index is 0.761. The molecule has 0 aliphatic carbocycles. The maximum absolute atomic E-state index is 4.60. The Hall–Kier alpha value is -2.74. The second-order valence-electron chi connectivity index (χ2n) is 4.00. The van der Waals surface area contributed by atoms with Gasteiger partial charge in [0.2, 0.25) is 0 Å². The van der Waals surface area contributed by atoms with Gasteiger partial charge in [-0.1, -0.05) is 60.7 Å². The number of nitrogens with zero attached hydrogens (tertiary/aromatic N) is 2. The van der Waals surface area contributed by atoms with Gasteiger partial charge in [-0.3, -0.25) is 0 Å². The van der Waals surface area contributed by atoms with Crippen molar-refractivity contribution < 1.29 is 0 Å². The third kappa shape index (κ3) is 3.18. The minimum Gasteiger partial charge on any atom is -0.237 e. The molecule has 0 amide bonds. The molecule has 2 nitrogen and oxygen atoms in total. The molecular formula is C18H16N2. The van der Waals surface area contributed by atoms with Gasteiger partial charge in [-0.25, -0.2) is 9.97 Å². The Labute approximate surface area is 119 Å². The summed E-state index contributed by atoms with van der Waals surface area (Å²) in [5.41, 5.74) is 3.09. The van der Waals surface area contributed by atoms with E-state index < -0.39 is 0 Å². The predicted molar refractivity (Wildman–Crippen MR) is 84.2 cm³/mol. The zero-order valence-electron chi connectivity index (χ0n) is 11.2. The lowest BCUT2D eigenvalue weighted by Crippen LogP contribution is -1.90. The number of hydrogen-bond acceptors (Lipinski definition) is 2. The summed E-state index contributed by atoms with van der Waals surface area (Å²) < 4.78 is 0. The van der Waals surface area contributed by atoms with Crippen molar-refractivity contribution in [3.63, 3.8) is 0 Å². The average Bonchev–Trinajstić information content (AvgIpc) is 2.58. The molecule has 0 aliphatic rings. The van der Waals surface area contributed by atoms with Crippen LogP contribution in [0.3, 0.4) is 0 Å². The number of benzene rings is 2. The van der Waals surface area contributed by atoms with E-state index in [-0.39, 0.29) is 0 Å². The van der Waals surface area contributed by atoms with E-state index >= 15 is 0 Å². The van der Waals surface area contributed by atoms with Crippen molar-refractivity contribution in [1.82, 2.24) is 9.97 Å². The minimum absolute atomic E-state index is 0.761. The van der Waals surface area contributed by atoms with E-state index in [2.05, 4.69) is 35.3 Å². The van der Waals surface area contributed by atoms with E-state index in [0.717, 1.165) is 22.6 Å². The summed E-state index contributed by atoms with van der Waals surface area (Å²) in [5, 5.41) is 0. The first-order valence-corrected chi connectivity index (χ1v) is 6.37. The van der Waals surface area contributed by atoms with E-state index in [4.69, 9.17) is 0 Å². The van der Waals surface area contributed by atoms with Crippen molar-refractivity contribution in [3.05, 3.63) is 86.1 Å². The van der Waals surface area contributed by atoms with E-state index in [1.54, 1.807) is 6.20 Å². The molecule has 0 atom stereocenters. The van der Waals surface area contributed by atoms with Crippen molar-refractivity contribution in [1.29, 1.82) is 0 Å². The highest BCUT2D eigenvalue weighted by atomic mass is 14.9. The topological polar surface area (TPSA) is 25.8 Å². The lowest BCUT2D eigenvalue weighted by atomic mass is 10.1. The summed E-state index contributed by atoms with van der Waals surface area (Å²) in [5.74, 6) is 0.761. The lowest BCUT2D eigenvalue weighted by molar-refractivity contribution is 1.18. The van der Waals surface area contributed by atoms with Crippen LogP contribution in [0.1, 0.15) is 0 Å². The second kappa shape index (κ2) is 7.00. The van der Waals surface area contributed by atoms with E-state index in [1.165, 1.54) is 0 Å². The first-order valence-electron chi connectivity index (χ1n) is 6.37. The smallest absolute Gasteiger partial charge is 0.159 e. The van der Waals surface area contributed by atoms with Gasteiger partial charge >= 0.3 is 0 Å². The maximum atomic E-state index is 4.60. The highest BCUT2D eigenvalue weighted by molar-refractivity contribution is 5.63. The Kier molecular flexibility index (Phi) is 4.79. The lowest BCUT2D eigenvalue weighted by Gasteiger charge is -2.03. The van der Waals surface area contributed by atoms with Crippen molar-refractivity contribution >= 4 is 0 Å². The molecule has 2 aromatic carbocycles. The van der Waals surface area contributed by atoms with Crippen LogP contribution in [-0.2, 0) is 0 Å². The Morgan fingerprint density at radius 2 is 1.20 bits per heavy atom. The van der Waals surface area contributed by atoms with Crippen LogP contribution in [0.15, 0.2) is 86.1 Å². The van der Waals surface area contributed by atoms with Crippen LogP contribution in [0.4, 0.5) is 0 Å². The fourth-order valence-corrected chi connectivity index (χ4v) is 1.85. The molecule has 0 saturated carbocycles. The zero-order chi connectivity index (χ0) is 14.2. The predicted octanol–water partition coefficient (Wildman–Crippen LogP) is 4.61. The molecule has 20 heavy (non-hydrogen) atoms. The van der Waals surface area contributed by atoms with E-state index in [0.29, 0.717) is 0 Å². The van der Waals surface area contributed by atoms with Crippen LogP contribution in [0.25, 0.3) is 22.6 Å².